The topological polar surface area (TPSA) is 59.5 Å². The minimum Gasteiger partial charge on any atom is -0.491 e. The molecule has 5 nitrogen and oxygen atoms in total. The number of pyridine rings is 1. The van der Waals surface area contributed by atoms with Crippen molar-refractivity contribution in [2.75, 3.05) is 10.6 Å². The molecule has 2 aromatic rings. The van der Waals surface area contributed by atoms with Crippen LogP contribution in [-0.2, 0) is 10.0 Å². The molecule has 0 aliphatic carbocycles. The van der Waals surface area contributed by atoms with Crippen LogP contribution in [0.1, 0.15) is 13.8 Å². The van der Waals surface area contributed by atoms with Crippen LogP contribution >= 0.6 is 11.6 Å². The molecule has 0 spiro atoms. The van der Waals surface area contributed by atoms with Crippen molar-refractivity contribution >= 4 is 33.0 Å². The van der Waals surface area contributed by atoms with Crippen LogP contribution in [0.15, 0.2) is 42.7 Å². The van der Waals surface area contributed by atoms with Crippen LogP contribution in [0.2, 0.25) is 5.02 Å². The fraction of sp³-hybridized carbons (Fsp3) is 0.267. The highest BCUT2D eigenvalue weighted by Crippen LogP contribution is 2.36. The number of nitrogens with zero attached hydrogens (tertiary/aromatic N) is 2. The van der Waals surface area contributed by atoms with Crippen molar-refractivity contribution in [2.24, 2.45) is 0 Å². The van der Waals surface area contributed by atoms with Gasteiger partial charge in [0.25, 0.3) is 0 Å². The van der Waals surface area contributed by atoms with Crippen LogP contribution in [0, 0.1) is 0 Å². The van der Waals surface area contributed by atoms with Gasteiger partial charge in [-0.25, -0.2) is 12.7 Å². The summed E-state index contributed by atoms with van der Waals surface area (Å²) in [5, 5.41) is 0.311. The third-order valence-corrected chi connectivity index (χ3v) is 4.11. The van der Waals surface area contributed by atoms with Gasteiger partial charge in [-0.15, -0.1) is 0 Å². The molecule has 0 aliphatic rings. The first-order valence-corrected chi connectivity index (χ1v) is 8.88. The third-order valence-electron chi connectivity index (χ3n) is 2.72. The second-order valence-corrected chi connectivity index (χ2v) is 7.26. The molecule has 0 aliphatic heterocycles. The average Bonchev–Trinajstić information content (AvgIpc) is 2.42. The van der Waals surface area contributed by atoms with Crippen molar-refractivity contribution in [3.8, 4) is 5.75 Å². The van der Waals surface area contributed by atoms with Gasteiger partial charge in [0.1, 0.15) is 5.75 Å². The Morgan fingerprint density at radius 1 is 1.27 bits per heavy atom. The highest BCUT2D eigenvalue weighted by atomic mass is 35.5. The summed E-state index contributed by atoms with van der Waals surface area (Å²) in [6.45, 7) is 3.79. The molecular weight excluding hydrogens is 324 g/mol. The van der Waals surface area contributed by atoms with Gasteiger partial charge in [0.2, 0.25) is 10.0 Å². The van der Waals surface area contributed by atoms with Crippen molar-refractivity contribution in [3.63, 3.8) is 0 Å². The number of sulfonamides is 1. The highest BCUT2D eigenvalue weighted by Gasteiger charge is 2.23. The molecule has 7 heteroatoms. The van der Waals surface area contributed by atoms with Crippen LogP contribution in [0.4, 0.5) is 11.4 Å². The Hall–Kier alpha value is -1.79. The summed E-state index contributed by atoms with van der Waals surface area (Å²) >= 11 is 6.20. The van der Waals surface area contributed by atoms with E-state index < -0.39 is 10.0 Å². The normalized spacial score (nSPS) is 11.5. The molecule has 0 saturated heterocycles. The van der Waals surface area contributed by atoms with Gasteiger partial charge in [0, 0.05) is 12.3 Å². The van der Waals surface area contributed by atoms with E-state index in [0.717, 1.165) is 10.6 Å². The molecule has 0 fully saturated rings. The van der Waals surface area contributed by atoms with Crippen LogP contribution < -0.4 is 9.04 Å². The first-order valence-electron chi connectivity index (χ1n) is 6.65. The number of ether oxygens (including phenoxy) is 1. The van der Waals surface area contributed by atoms with E-state index in [1.54, 1.807) is 36.5 Å². The standard InChI is InChI=1S/C15H17ClN2O3S/c1-11(2)21-13-6-7-14(16)15(9-13)18(22(3,19)20)12-5-4-8-17-10-12/h4-11H,1-3H3. The van der Waals surface area contributed by atoms with Crippen molar-refractivity contribution in [3.05, 3.63) is 47.7 Å². The average molecular weight is 341 g/mol. The van der Waals surface area contributed by atoms with Crippen LogP contribution in [0.3, 0.4) is 0 Å². The number of rotatable bonds is 5. The van der Waals surface area contributed by atoms with Crippen LogP contribution in [0.5, 0.6) is 5.75 Å². The van der Waals surface area contributed by atoms with E-state index in [9.17, 15) is 8.42 Å². The maximum Gasteiger partial charge on any atom is 0.236 e. The van der Waals surface area contributed by atoms with Gasteiger partial charge in [-0.05, 0) is 38.1 Å². The van der Waals surface area contributed by atoms with Gasteiger partial charge in [-0.2, -0.15) is 0 Å². The highest BCUT2D eigenvalue weighted by molar-refractivity contribution is 7.92. The molecule has 0 N–H and O–H groups in total. The zero-order chi connectivity index (χ0) is 16.3. The summed E-state index contributed by atoms with van der Waals surface area (Å²) in [5.41, 5.74) is 0.740. The molecule has 0 atom stereocenters. The fourth-order valence-corrected chi connectivity index (χ4v) is 3.23. The molecule has 2 rings (SSSR count). The summed E-state index contributed by atoms with van der Waals surface area (Å²) in [6, 6.07) is 8.24. The van der Waals surface area contributed by atoms with Crippen LogP contribution in [-0.4, -0.2) is 25.8 Å². The molecule has 0 bridgehead atoms. The number of anilines is 2. The maximum atomic E-state index is 12.2. The minimum atomic E-state index is -3.59. The molecule has 0 amide bonds. The lowest BCUT2D eigenvalue weighted by molar-refractivity contribution is 0.242. The number of benzene rings is 1. The monoisotopic (exact) mass is 340 g/mol. The smallest absolute Gasteiger partial charge is 0.236 e. The second-order valence-electron chi connectivity index (χ2n) is 5.02. The van der Waals surface area contributed by atoms with Gasteiger partial charge < -0.3 is 4.74 Å². The SMILES string of the molecule is CC(C)Oc1ccc(Cl)c(N(c2cccnc2)S(C)(=O)=O)c1. The van der Waals surface area contributed by atoms with Crippen molar-refractivity contribution in [1.82, 2.24) is 4.98 Å². The lowest BCUT2D eigenvalue weighted by atomic mass is 10.2. The molecule has 22 heavy (non-hydrogen) atoms. The fourth-order valence-electron chi connectivity index (χ4n) is 1.98. The minimum absolute atomic E-state index is 0.0286. The van der Waals surface area contributed by atoms with Crippen LogP contribution in [0.25, 0.3) is 0 Å². The Labute approximate surface area is 135 Å². The summed E-state index contributed by atoms with van der Waals surface area (Å²) in [6.07, 6.45) is 4.13. The zero-order valence-electron chi connectivity index (χ0n) is 12.5. The predicted octanol–water partition coefficient (Wildman–Crippen LogP) is 3.62. The summed E-state index contributed by atoms with van der Waals surface area (Å²) in [5.74, 6) is 0.548. The predicted molar refractivity (Wildman–Crippen MR) is 88.4 cm³/mol. The van der Waals surface area contributed by atoms with E-state index in [0.29, 0.717) is 22.1 Å². The lowest BCUT2D eigenvalue weighted by Gasteiger charge is -2.24. The number of hydrogen-bond donors (Lipinski definition) is 0. The number of halogens is 1. The Kier molecular flexibility index (Phi) is 4.93. The van der Waals surface area contributed by atoms with E-state index in [1.165, 1.54) is 6.20 Å². The summed E-state index contributed by atoms with van der Waals surface area (Å²) in [4.78, 5) is 3.96. The van der Waals surface area contributed by atoms with Crippen molar-refractivity contribution < 1.29 is 13.2 Å². The van der Waals surface area contributed by atoms with E-state index in [1.807, 2.05) is 13.8 Å². The molecule has 0 saturated carbocycles. The lowest BCUT2D eigenvalue weighted by Crippen LogP contribution is -2.25. The molecule has 1 aromatic carbocycles. The molecule has 1 aromatic heterocycles. The van der Waals surface area contributed by atoms with Gasteiger partial charge in [-0.3, -0.25) is 4.98 Å². The quantitative estimate of drug-likeness (QED) is 0.834. The Bertz CT molecular complexity index is 749. The Balaban J connectivity index is 2.58. The van der Waals surface area contributed by atoms with Crippen molar-refractivity contribution in [1.29, 1.82) is 0 Å². The molecule has 0 radical (unpaired) electrons. The summed E-state index contributed by atoms with van der Waals surface area (Å²) in [7, 11) is -3.59. The number of aromatic nitrogens is 1. The van der Waals surface area contributed by atoms with Gasteiger partial charge in [0.05, 0.1) is 35.0 Å². The van der Waals surface area contributed by atoms with E-state index in [2.05, 4.69) is 4.98 Å². The van der Waals surface area contributed by atoms with E-state index in [4.69, 9.17) is 16.3 Å². The third kappa shape index (κ3) is 3.90. The molecule has 1 heterocycles. The van der Waals surface area contributed by atoms with Crippen molar-refractivity contribution in [2.45, 2.75) is 20.0 Å². The molecule has 118 valence electrons. The first-order chi connectivity index (χ1) is 10.3. The first kappa shape index (κ1) is 16.6. The maximum absolute atomic E-state index is 12.2. The van der Waals surface area contributed by atoms with Gasteiger partial charge >= 0.3 is 0 Å². The van der Waals surface area contributed by atoms with Gasteiger partial charge in [0.15, 0.2) is 0 Å². The van der Waals surface area contributed by atoms with E-state index >= 15 is 0 Å². The largest absolute Gasteiger partial charge is 0.491 e. The van der Waals surface area contributed by atoms with E-state index in [-0.39, 0.29) is 6.10 Å². The molecular formula is C15H17ClN2O3S. The van der Waals surface area contributed by atoms with Gasteiger partial charge in [-0.1, -0.05) is 11.6 Å². The summed E-state index contributed by atoms with van der Waals surface area (Å²) < 4.78 is 31.2. The Morgan fingerprint density at radius 3 is 2.55 bits per heavy atom. The Morgan fingerprint density at radius 2 is 2.00 bits per heavy atom. The number of hydrogen-bond acceptors (Lipinski definition) is 4. The molecule has 0 unspecified atom stereocenters. The second kappa shape index (κ2) is 6.54. The zero-order valence-corrected chi connectivity index (χ0v) is 14.1.